The molecule has 0 aliphatic carbocycles. The summed E-state index contributed by atoms with van der Waals surface area (Å²) in [7, 11) is 0. The molecule has 14 heavy (non-hydrogen) atoms. The van der Waals surface area contributed by atoms with Crippen LogP contribution in [-0.4, -0.2) is 53.1 Å². The van der Waals surface area contributed by atoms with E-state index < -0.39 is 24.6 Å². The van der Waals surface area contributed by atoms with Crippen LogP contribution in [0.1, 0.15) is 19.8 Å². The lowest BCUT2D eigenvalue weighted by molar-refractivity contribution is -0.262. The standard InChI is InChI=1S/C9H18O5/c1-2-3-4-13-8-6(10)5-14-9(12)7(8)11/h6-12H,2-5H2,1H3/t6-,7-,8+,9?/m1/s1. The Morgan fingerprint density at radius 1 is 1.36 bits per heavy atom. The molecule has 0 aromatic carbocycles. The van der Waals surface area contributed by atoms with E-state index in [0.29, 0.717) is 6.61 Å². The van der Waals surface area contributed by atoms with Gasteiger partial charge in [-0.1, -0.05) is 13.3 Å². The molecule has 1 rings (SSSR count). The van der Waals surface area contributed by atoms with Crippen molar-refractivity contribution in [3.8, 4) is 0 Å². The van der Waals surface area contributed by atoms with Crippen LogP contribution in [0.15, 0.2) is 0 Å². The lowest BCUT2D eigenvalue weighted by Crippen LogP contribution is -2.54. The minimum absolute atomic E-state index is 0.00494. The Bertz CT molecular complexity index is 163. The van der Waals surface area contributed by atoms with Crippen LogP contribution in [0.2, 0.25) is 0 Å². The Morgan fingerprint density at radius 3 is 2.71 bits per heavy atom. The second kappa shape index (κ2) is 5.63. The van der Waals surface area contributed by atoms with E-state index in [4.69, 9.17) is 14.6 Å². The zero-order valence-corrected chi connectivity index (χ0v) is 8.30. The highest BCUT2D eigenvalue weighted by Crippen LogP contribution is 2.17. The Labute approximate surface area is 83.3 Å². The van der Waals surface area contributed by atoms with Gasteiger partial charge in [-0.25, -0.2) is 0 Å². The molecule has 1 unspecified atom stereocenters. The van der Waals surface area contributed by atoms with Gasteiger partial charge in [0.15, 0.2) is 6.29 Å². The average molecular weight is 206 g/mol. The summed E-state index contributed by atoms with van der Waals surface area (Å²) in [5, 5.41) is 28.0. The van der Waals surface area contributed by atoms with Crippen LogP contribution in [0.3, 0.4) is 0 Å². The smallest absolute Gasteiger partial charge is 0.183 e. The second-order valence-corrected chi connectivity index (χ2v) is 3.47. The van der Waals surface area contributed by atoms with Crippen molar-refractivity contribution in [3.05, 3.63) is 0 Å². The quantitative estimate of drug-likeness (QED) is 0.527. The maximum absolute atomic E-state index is 9.45. The predicted molar refractivity (Wildman–Crippen MR) is 48.6 cm³/mol. The Hall–Kier alpha value is -0.200. The van der Waals surface area contributed by atoms with Gasteiger partial charge < -0.3 is 24.8 Å². The van der Waals surface area contributed by atoms with Gasteiger partial charge in [0.1, 0.15) is 18.3 Å². The van der Waals surface area contributed by atoms with E-state index in [-0.39, 0.29) is 6.61 Å². The van der Waals surface area contributed by atoms with Crippen LogP contribution in [0.25, 0.3) is 0 Å². The Kier molecular flexibility index (Phi) is 4.77. The maximum Gasteiger partial charge on any atom is 0.183 e. The summed E-state index contributed by atoms with van der Waals surface area (Å²) in [5.41, 5.74) is 0. The summed E-state index contributed by atoms with van der Waals surface area (Å²) in [6, 6.07) is 0. The molecular weight excluding hydrogens is 188 g/mol. The topological polar surface area (TPSA) is 79.2 Å². The summed E-state index contributed by atoms with van der Waals surface area (Å²) in [6.45, 7) is 2.49. The summed E-state index contributed by atoms with van der Waals surface area (Å²) < 4.78 is 9.99. The number of ether oxygens (including phenoxy) is 2. The van der Waals surface area contributed by atoms with Gasteiger partial charge in [0.25, 0.3) is 0 Å². The van der Waals surface area contributed by atoms with Crippen molar-refractivity contribution >= 4 is 0 Å². The Balaban J connectivity index is 2.37. The first-order valence-corrected chi connectivity index (χ1v) is 4.94. The molecule has 4 atom stereocenters. The van der Waals surface area contributed by atoms with Gasteiger partial charge >= 0.3 is 0 Å². The zero-order chi connectivity index (χ0) is 10.6. The minimum Gasteiger partial charge on any atom is -0.388 e. The van der Waals surface area contributed by atoms with E-state index in [2.05, 4.69) is 0 Å². The van der Waals surface area contributed by atoms with Crippen LogP contribution in [0, 0.1) is 0 Å². The molecule has 0 bridgehead atoms. The third kappa shape index (κ3) is 2.90. The van der Waals surface area contributed by atoms with Crippen molar-refractivity contribution in [2.24, 2.45) is 0 Å². The molecule has 0 aromatic heterocycles. The highest BCUT2D eigenvalue weighted by Gasteiger charge is 2.38. The highest BCUT2D eigenvalue weighted by atomic mass is 16.6. The molecule has 0 radical (unpaired) electrons. The van der Waals surface area contributed by atoms with Gasteiger partial charge in [-0.15, -0.1) is 0 Å². The van der Waals surface area contributed by atoms with Crippen LogP contribution in [-0.2, 0) is 9.47 Å². The SMILES string of the molecule is CCCCO[C@H]1[C@H](O)COC(O)[C@@H]1O. The van der Waals surface area contributed by atoms with E-state index in [1.54, 1.807) is 0 Å². The van der Waals surface area contributed by atoms with E-state index in [9.17, 15) is 10.2 Å². The van der Waals surface area contributed by atoms with Crippen LogP contribution in [0.5, 0.6) is 0 Å². The number of hydrogen-bond acceptors (Lipinski definition) is 5. The molecule has 1 saturated heterocycles. The monoisotopic (exact) mass is 206 g/mol. The molecule has 1 heterocycles. The van der Waals surface area contributed by atoms with Crippen LogP contribution in [0.4, 0.5) is 0 Å². The van der Waals surface area contributed by atoms with E-state index in [1.807, 2.05) is 6.92 Å². The molecule has 0 saturated carbocycles. The summed E-state index contributed by atoms with van der Waals surface area (Å²) in [6.07, 6.45) is -2.19. The van der Waals surface area contributed by atoms with Gasteiger partial charge in [0, 0.05) is 6.61 Å². The normalized spacial score (nSPS) is 38.6. The number of aliphatic hydroxyl groups excluding tert-OH is 3. The fraction of sp³-hybridized carbons (Fsp3) is 1.00. The molecular formula is C9H18O5. The first-order valence-electron chi connectivity index (χ1n) is 4.94. The fourth-order valence-electron chi connectivity index (χ4n) is 1.35. The molecule has 0 amide bonds. The van der Waals surface area contributed by atoms with E-state index in [0.717, 1.165) is 12.8 Å². The third-order valence-electron chi connectivity index (χ3n) is 2.25. The van der Waals surface area contributed by atoms with Gasteiger partial charge in [-0.05, 0) is 6.42 Å². The predicted octanol–water partition coefficient (Wildman–Crippen LogP) is -0.758. The first kappa shape index (κ1) is 11.9. The van der Waals surface area contributed by atoms with Gasteiger partial charge in [-0.3, -0.25) is 0 Å². The van der Waals surface area contributed by atoms with Crippen LogP contribution < -0.4 is 0 Å². The minimum atomic E-state index is -1.26. The summed E-state index contributed by atoms with van der Waals surface area (Å²) >= 11 is 0. The van der Waals surface area contributed by atoms with Gasteiger partial charge in [-0.2, -0.15) is 0 Å². The van der Waals surface area contributed by atoms with E-state index >= 15 is 0 Å². The van der Waals surface area contributed by atoms with Crippen molar-refractivity contribution < 1.29 is 24.8 Å². The average Bonchev–Trinajstić information content (AvgIpc) is 2.18. The summed E-state index contributed by atoms with van der Waals surface area (Å²) in [5.74, 6) is 0. The molecule has 0 aromatic rings. The van der Waals surface area contributed by atoms with E-state index in [1.165, 1.54) is 0 Å². The number of hydrogen-bond donors (Lipinski definition) is 3. The summed E-state index contributed by atoms with van der Waals surface area (Å²) in [4.78, 5) is 0. The molecule has 3 N–H and O–H groups in total. The maximum atomic E-state index is 9.45. The molecule has 5 nitrogen and oxygen atoms in total. The van der Waals surface area contributed by atoms with Crippen molar-refractivity contribution in [1.29, 1.82) is 0 Å². The molecule has 1 aliphatic heterocycles. The molecule has 0 spiro atoms. The molecule has 1 aliphatic rings. The van der Waals surface area contributed by atoms with Crippen molar-refractivity contribution in [1.82, 2.24) is 0 Å². The Morgan fingerprint density at radius 2 is 2.07 bits per heavy atom. The largest absolute Gasteiger partial charge is 0.388 e. The van der Waals surface area contributed by atoms with Gasteiger partial charge in [0.05, 0.1) is 6.61 Å². The molecule has 5 heteroatoms. The third-order valence-corrected chi connectivity index (χ3v) is 2.25. The highest BCUT2D eigenvalue weighted by molar-refractivity contribution is 4.83. The van der Waals surface area contributed by atoms with Crippen LogP contribution >= 0.6 is 0 Å². The van der Waals surface area contributed by atoms with Gasteiger partial charge in [0.2, 0.25) is 0 Å². The molecule has 1 fully saturated rings. The zero-order valence-electron chi connectivity index (χ0n) is 8.30. The first-order chi connectivity index (χ1) is 6.66. The molecule has 84 valence electrons. The lowest BCUT2D eigenvalue weighted by Gasteiger charge is -2.35. The second-order valence-electron chi connectivity index (χ2n) is 3.47. The number of unbranched alkanes of at least 4 members (excludes halogenated alkanes) is 1. The lowest BCUT2D eigenvalue weighted by atomic mass is 10.1. The van der Waals surface area contributed by atoms with Crippen molar-refractivity contribution in [2.75, 3.05) is 13.2 Å². The number of aliphatic hydroxyl groups is 3. The van der Waals surface area contributed by atoms with Crippen molar-refractivity contribution in [3.63, 3.8) is 0 Å². The number of rotatable bonds is 4. The fourth-order valence-corrected chi connectivity index (χ4v) is 1.35. The van der Waals surface area contributed by atoms with Crippen molar-refractivity contribution in [2.45, 2.75) is 44.4 Å².